The van der Waals surface area contributed by atoms with Crippen molar-refractivity contribution in [1.29, 1.82) is 0 Å². The number of methoxy groups -OCH3 is 1. The SMILES string of the molecule is COC(=O)c1c(C)[nH]c(C(=O)OCC(=O)N(Cc2ccccc2)C(C)(C)C)c1C. The Kier molecular flexibility index (Phi) is 6.84. The molecule has 0 spiro atoms. The molecule has 0 saturated carbocycles. The molecule has 0 saturated heterocycles. The molecule has 7 nitrogen and oxygen atoms in total. The Balaban J connectivity index is 2.12. The van der Waals surface area contributed by atoms with Crippen LogP contribution in [0.2, 0.25) is 0 Å². The van der Waals surface area contributed by atoms with Gasteiger partial charge < -0.3 is 19.4 Å². The second kappa shape index (κ2) is 8.94. The number of carbonyl (C=O) groups excluding carboxylic acids is 3. The van der Waals surface area contributed by atoms with Crippen LogP contribution in [0, 0.1) is 13.8 Å². The van der Waals surface area contributed by atoms with Crippen molar-refractivity contribution < 1.29 is 23.9 Å². The van der Waals surface area contributed by atoms with E-state index in [1.165, 1.54) is 7.11 Å². The van der Waals surface area contributed by atoms with Crippen LogP contribution in [0.25, 0.3) is 0 Å². The van der Waals surface area contributed by atoms with Crippen LogP contribution >= 0.6 is 0 Å². The van der Waals surface area contributed by atoms with Gasteiger partial charge in [-0.15, -0.1) is 0 Å². The van der Waals surface area contributed by atoms with Crippen molar-refractivity contribution in [1.82, 2.24) is 9.88 Å². The molecule has 1 heterocycles. The predicted molar refractivity (Wildman–Crippen MR) is 109 cm³/mol. The summed E-state index contributed by atoms with van der Waals surface area (Å²) in [7, 11) is 1.28. The van der Waals surface area contributed by atoms with Gasteiger partial charge in [-0.25, -0.2) is 9.59 Å². The summed E-state index contributed by atoms with van der Waals surface area (Å²) in [4.78, 5) is 41.7. The third kappa shape index (κ3) is 5.25. The van der Waals surface area contributed by atoms with Gasteiger partial charge in [0.25, 0.3) is 5.91 Å². The van der Waals surface area contributed by atoms with E-state index >= 15 is 0 Å². The summed E-state index contributed by atoms with van der Waals surface area (Å²) in [6.07, 6.45) is 0. The highest BCUT2D eigenvalue weighted by Gasteiger charge is 2.28. The molecule has 0 bridgehead atoms. The molecule has 2 aromatic rings. The van der Waals surface area contributed by atoms with Crippen LogP contribution in [-0.2, 0) is 20.8 Å². The Labute approximate surface area is 171 Å². The van der Waals surface area contributed by atoms with E-state index in [0.29, 0.717) is 23.4 Å². The number of aromatic nitrogens is 1. The Bertz CT molecular complexity index is 894. The normalized spacial score (nSPS) is 11.1. The molecule has 0 aliphatic heterocycles. The van der Waals surface area contributed by atoms with E-state index in [4.69, 9.17) is 9.47 Å². The number of aryl methyl sites for hydroxylation is 1. The molecule has 156 valence electrons. The third-order valence-corrected chi connectivity index (χ3v) is 4.65. The van der Waals surface area contributed by atoms with Crippen molar-refractivity contribution in [2.75, 3.05) is 13.7 Å². The van der Waals surface area contributed by atoms with Crippen molar-refractivity contribution in [2.45, 2.75) is 46.7 Å². The number of hydrogen-bond donors (Lipinski definition) is 1. The van der Waals surface area contributed by atoms with Gasteiger partial charge in [0.2, 0.25) is 0 Å². The Morgan fingerprint density at radius 3 is 2.21 bits per heavy atom. The van der Waals surface area contributed by atoms with E-state index in [1.54, 1.807) is 18.7 Å². The summed E-state index contributed by atoms with van der Waals surface area (Å²) < 4.78 is 10.00. The molecule has 1 aromatic carbocycles. The molecular formula is C22H28N2O5. The second-order valence-electron chi connectivity index (χ2n) is 7.83. The van der Waals surface area contributed by atoms with Crippen LogP contribution < -0.4 is 0 Å². The molecule has 0 unspecified atom stereocenters. The van der Waals surface area contributed by atoms with Crippen LogP contribution in [0.15, 0.2) is 30.3 Å². The number of carbonyl (C=O) groups is 3. The summed E-state index contributed by atoms with van der Waals surface area (Å²) in [5, 5.41) is 0. The molecule has 7 heteroatoms. The number of nitrogens with one attached hydrogen (secondary N) is 1. The van der Waals surface area contributed by atoms with Crippen molar-refractivity contribution in [2.24, 2.45) is 0 Å². The zero-order chi connectivity index (χ0) is 21.8. The van der Waals surface area contributed by atoms with Gasteiger partial charge >= 0.3 is 11.9 Å². The number of nitrogens with zero attached hydrogens (tertiary/aromatic N) is 1. The summed E-state index contributed by atoms with van der Waals surface area (Å²) in [6.45, 7) is 9.10. The lowest BCUT2D eigenvalue weighted by atomic mass is 10.0. The van der Waals surface area contributed by atoms with Gasteiger partial charge in [0.15, 0.2) is 6.61 Å². The number of aromatic amines is 1. The maximum Gasteiger partial charge on any atom is 0.355 e. The number of amides is 1. The number of hydrogen-bond acceptors (Lipinski definition) is 5. The molecule has 29 heavy (non-hydrogen) atoms. The number of ether oxygens (including phenoxy) is 2. The van der Waals surface area contributed by atoms with Gasteiger partial charge in [-0.3, -0.25) is 4.79 Å². The second-order valence-corrected chi connectivity index (χ2v) is 7.83. The predicted octanol–water partition coefficient (Wildman–Crippen LogP) is 3.40. The van der Waals surface area contributed by atoms with Crippen LogP contribution in [0.1, 0.15) is 58.4 Å². The van der Waals surface area contributed by atoms with Crippen LogP contribution in [0.3, 0.4) is 0 Å². The first-order valence-corrected chi connectivity index (χ1v) is 9.35. The molecule has 1 amide bonds. The Morgan fingerprint density at radius 1 is 1.03 bits per heavy atom. The first-order chi connectivity index (χ1) is 13.6. The van der Waals surface area contributed by atoms with Gasteiger partial charge in [-0.2, -0.15) is 0 Å². The fourth-order valence-electron chi connectivity index (χ4n) is 3.11. The molecule has 2 rings (SSSR count). The highest BCUT2D eigenvalue weighted by atomic mass is 16.5. The zero-order valence-electron chi connectivity index (χ0n) is 17.8. The summed E-state index contributed by atoms with van der Waals surface area (Å²) in [6, 6.07) is 9.62. The summed E-state index contributed by atoms with van der Waals surface area (Å²) in [5.41, 5.74) is 1.92. The van der Waals surface area contributed by atoms with Crippen molar-refractivity contribution in [3.05, 3.63) is 58.4 Å². The van der Waals surface area contributed by atoms with E-state index in [-0.39, 0.29) is 11.6 Å². The fourth-order valence-corrected chi connectivity index (χ4v) is 3.11. The minimum atomic E-state index is -0.692. The van der Waals surface area contributed by atoms with E-state index in [1.807, 2.05) is 51.1 Å². The quantitative estimate of drug-likeness (QED) is 0.751. The number of esters is 2. The smallest absolute Gasteiger partial charge is 0.355 e. The van der Waals surface area contributed by atoms with Gasteiger partial charge in [0.1, 0.15) is 5.69 Å². The molecule has 0 aliphatic rings. The minimum absolute atomic E-state index is 0.140. The van der Waals surface area contributed by atoms with Crippen molar-refractivity contribution in [3.8, 4) is 0 Å². The van der Waals surface area contributed by atoms with Crippen LogP contribution in [-0.4, -0.2) is 47.0 Å². The number of benzene rings is 1. The number of H-pyrrole nitrogens is 1. The monoisotopic (exact) mass is 400 g/mol. The van der Waals surface area contributed by atoms with Gasteiger partial charge in [-0.1, -0.05) is 30.3 Å². The molecule has 0 radical (unpaired) electrons. The molecule has 1 aromatic heterocycles. The van der Waals surface area contributed by atoms with Gasteiger partial charge in [0, 0.05) is 17.8 Å². The van der Waals surface area contributed by atoms with E-state index in [0.717, 1.165) is 5.56 Å². The van der Waals surface area contributed by atoms with E-state index in [2.05, 4.69) is 4.98 Å². The minimum Gasteiger partial charge on any atom is -0.465 e. The Hall–Kier alpha value is -3.09. The standard InChI is InChI=1S/C22H28N2O5/c1-14-18(20(26)28-6)15(2)23-19(14)21(27)29-13-17(25)24(22(3,4)5)12-16-10-8-7-9-11-16/h7-11,23H,12-13H2,1-6H3. The molecule has 1 N–H and O–H groups in total. The van der Waals surface area contributed by atoms with Crippen molar-refractivity contribution in [3.63, 3.8) is 0 Å². The number of rotatable bonds is 6. The zero-order valence-corrected chi connectivity index (χ0v) is 17.8. The topological polar surface area (TPSA) is 88.7 Å². The van der Waals surface area contributed by atoms with Crippen molar-refractivity contribution >= 4 is 17.8 Å². The fraction of sp³-hybridized carbons (Fsp3) is 0.409. The maximum absolute atomic E-state index is 12.8. The van der Waals surface area contributed by atoms with Crippen LogP contribution in [0.5, 0.6) is 0 Å². The lowest BCUT2D eigenvalue weighted by Crippen LogP contribution is -2.46. The lowest BCUT2D eigenvalue weighted by molar-refractivity contribution is -0.140. The average molecular weight is 400 g/mol. The highest BCUT2D eigenvalue weighted by molar-refractivity contribution is 5.99. The molecule has 0 fully saturated rings. The Morgan fingerprint density at radius 2 is 1.66 bits per heavy atom. The average Bonchev–Trinajstić information content (AvgIpc) is 2.97. The van der Waals surface area contributed by atoms with E-state index in [9.17, 15) is 14.4 Å². The lowest BCUT2D eigenvalue weighted by Gasteiger charge is -2.35. The first kappa shape index (κ1) is 22.2. The van der Waals surface area contributed by atoms with Gasteiger partial charge in [-0.05, 0) is 45.7 Å². The molecular weight excluding hydrogens is 372 g/mol. The van der Waals surface area contributed by atoms with Crippen LogP contribution in [0.4, 0.5) is 0 Å². The maximum atomic E-state index is 12.8. The summed E-state index contributed by atoms with van der Waals surface area (Å²) >= 11 is 0. The molecule has 0 atom stereocenters. The summed E-state index contributed by atoms with van der Waals surface area (Å²) in [5.74, 6) is -1.53. The van der Waals surface area contributed by atoms with E-state index < -0.39 is 24.1 Å². The largest absolute Gasteiger partial charge is 0.465 e. The first-order valence-electron chi connectivity index (χ1n) is 9.35. The third-order valence-electron chi connectivity index (χ3n) is 4.65. The van der Waals surface area contributed by atoms with Gasteiger partial charge in [0.05, 0.1) is 12.7 Å². The molecule has 0 aliphatic carbocycles. The highest BCUT2D eigenvalue weighted by Crippen LogP contribution is 2.21.